The molecule has 1 unspecified atom stereocenters. The van der Waals surface area contributed by atoms with Crippen molar-refractivity contribution >= 4 is 35.0 Å². The fourth-order valence-electron chi connectivity index (χ4n) is 2.91. The van der Waals surface area contributed by atoms with Crippen molar-refractivity contribution in [2.24, 2.45) is 5.41 Å². The van der Waals surface area contributed by atoms with Gasteiger partial charge in [-0.3, -0.25) is 20.4 Å². The number of carbonyl (C=O) groups is 2. The Morgan fingerprint density at radius 3 is 2.37 bits per heavy atom. The number of carbonyl (C=O) groups excluding carboxylic acids is 2. The van der Waals surface area contributed by atoms with Crippen LogP contribution in [0.4, 0.5) is 0 Å². The summed E-state index contributed by atoms with van der Waals surface area (Å²) in [5.74, 6) is -0.326. The molecule has 0 saturated heterocycles. The molecule has 2 N–H and O–H groups in total. The fourth-order valence-corrected chi connectivity index (χ4v) is 3.61. The number of aromatic nitrogens is 4. The van der Waals surface area contributed by atoms with Gasteiger partial charge in [-0.25, -0.2) is 0 Å². The molecule has 1 atom stereocenters. The molecular formula is C20H18Cl2N6O2. The third kappa shape index (κ3) is 4.01. The number of tetrazole rings is 1. The Bertz CT molecular complexity index is 1080. The summed E-state index contributed by atoms with van der Waals surface area (Å²) in [6, 6.07) is 16.4. The molecule has 3 aromatic rings. The van der Waals surface area contributed by atoms with E-state index in [9.17, 15) is 9.59 Å². The first kappa shape index (κ1) is 20.3. The van der Waals surface area contributed by atoms with Crippen molar-refractivity contribution in [3.63, 3.8) is 0 Å². The molecule has 0 bridgehead atoms. The number of halogens is 2. The van der Waals surface area contributed by atoms with E-state index >= 15 is 0 Å². The molecule has 30 heavy (non-hydrogen) atoms. The van der Waals surface area contributed by atoms with Gasteiger partial charge in [0, 0.05) is 11.1 Å². The maximum absolute atomic E-state index is 12.3. The van der Waals surface area contributed by atoms with Gasteiger partial charge in [-0.05, 0) is 36.3 Å². The van der Waals surface area contributed by atoms with Crippen LogP contribution in [0.2, 0.25) is 0 Å². The molecule has 1 aliphatic carbocycles. The zero-order valence-corrected chi connectivity index (χ0v) is 17.5. The van der Waals surface area contributed by atoms with Crippen molar-refractivity contribution in [3.05, 3.63) is 65.7 Å². The Morgan fingerprint density at radius 2 is 1.73 bits per heavy atom. The van der Waals surface area contributed by atoms with Crippen LogP contribution in [0.3, 0.4) is 0 Å². The van der Waals surface area contributed by atoms with Gasteiger partial charge in [-0.1, -0.05) is 42.5 Å². The molecule has 1 aromatic heterocycles. The zero-order chi connectivity index (χ0) is 21.4. The quantitative estimate of drug-likeness (QED) is 0.465. The molecule has 2 amide bonds. The van der Waals surface area contributed by atoms with E-state index in [1.165, 1.54) is 4.80 Å². The van der Waals surface area contributed by atoms with Crippen LogP contribution in [-0.4, -0.2) is 36.4 Å². The van der Waals surface area contributed by atoms with Gasteiger partial charge in [0.1, 0.15) is 4.33 Å². The number of hydrogen-bond donors (Lipinski definition) is 2. The Kier molecular flexibility index (Phi) is 5.21. The summed E-state index contributed by atoms with van der Waals surface area (Å²) in [5, 5.41) is 12.5. The van der Waals surface area contributed by atoms with Crippen LogP contribution >= 0.6 is 23.2 Å². The lowest BCUT2D eigenvalue weighted by atomic mass is 10.1. The summed E-state index contributed by atoms with van der Waals surface area (Å²) in [6.45, 7) is 2.05. The molecule has 0 radical (unpaired) electrons. The smallest absolute Gasteiger partial charge is 0.269 e. The first-order valence-corrected chi connectivity index (χ1v) is 9.95. The molecule has 1 fully saturated rings. The van der Waals surface area contributed by atoms with Gasteiger partial charge in [-0.2, -0.15) is 4.80 Å². The second kappa shape index (κ2) is 7.70. The van der Waals surface area contributed by atoms with Crippen LogP contribution in [0.5, 0.6) is 0 Å². The summed E-state index contributed by atoms with van der Waals surface area (Å²) in [4.78, 5) is 25.9. The highest BCUT2D eigenvalue weighted by atomic mass is 35.5. The minimum atomic E-state index is -1.10. The standard InChI is InChI=1S/C20H18Cl2N6O2/c1-19(12-20(19,21)22)18(30)25-24-17(29)15-9-7-13(8-10-15)11-28-26-16(23-27-28)14-5-3-2-4-6-14/h2-10H,11-12H2,1H3,(H,24,29)(H,25,30). The van der Waals surface area contributed by atoms with Crippen LogP contribution in [0, 0.1) is 5.41 Å². The van der Waals surface area contributed by atoms with Crippen LogP contribution in [0.25, 0.3) is 11.4 Å². The largest absolute Gasteiger partial charge is 0.273 e. The average molecular weight is 445 g/mol. The van der Waals surface area contributed by atoms with E-state index in [0.29, 0.717) is 24.4 Å². The molecule has 1 saturated carbocycles. The van der Waals surface area contributed by atoms with E-state index in [-0.39, 0.29) is 0 Å². The van der Waals surface area contributed by atoms with Crippen molar-refractivity contribution in [1.29, 1.82) is 0 Å². The van der Waals surface area contributed by atoms with Gasteiger partial charge >= 0.3 is 0 Å². The molecule has 1 heterocycles. The van der Waals surface area contributed by atoms with E-state index in [1.54, 1.807) is 31.2 Å². The lowest BCUT2D eigenvalue weighted by Gasteiger charge is -2.13. The fraction of sp³-hybridized carbons (Fsp3) is 0.250. The molecule has 8 nitrogen and oxygen atoms in total. The normalized spacial score (nSPS) is 19.2. The molecule has 10 heteroatoms. The zero-order valence-electron chi connectivity index (χ0n) is 16.0. The van der Waals surface area contributed by atoms with E-state index in [1.807, 2.05) is 30.3 Å². The summed E-state index contributed by atoms with van der Waals surface area (Å²) < 4.78 is -1.10. The van der Waals surface area contributed by atoms with Crippen LogP contribution in [0.1, 0.15) is 29.3 Å². The number of nitrogens with one attached hydrogen (secondary N) is 2. The van der Waals surface area contributed by atoms with Gasteiger partial charge in [0.05, 0.1) is 12.0 Å². The Labute approximate surface area is 182 Å². The highest BCUT2D eigenvalue weighted by molar-refractivity contribution is 6.53. The summed E-state index contributed by atoms with van der Waals surface area (Å²) in [6.07, 6.45) is 0.335. The predicted octanol–water partition coefficient (Wildman–Crippen LogP) is 2.73. The van der Waals surface area contributed by atoms with E-state index in [4.69, 9.17) is 23.2 Å². The third-order valence-corrected chi connectivity index (χ3v) is 6.17. The minimum absolute atomic E-state index is 0.335. The van der Waals surface area contributed by atoms with Crippen LogP contribution in [0.15, 0.2) is 54.6 Å². The second-order valence-corrected chi connectivity index (χ2v) is 8.81. The summed E-state index contributed by atoms with van der Waals surface area (Å²) in [7, 11) is 0. The van der Waals surface area contributed by atoms with Gasteiger partial charge in [-0.15, -0.1) is 33.4 Å². The Balaban J connectivity index is 1.33. The van der Waals surface area contributed by atoms with Gasteiger partial charge in [0.2, 0.25) is 11.7 Å². The molecule has 4 rings (SSSR count). The molecule has 0 spiro atoms. The number of hydrazine groups is 1. The van der Waals surface area contributed by atoms with Crippen molar-refractivity contribution in [1.82, 2.24) is 31.1 Å². The Morgan fingerprint density at radius 1 is 1.07 bits per heavy atom. The average Bonchev–Trinajstić information content (AvgIpc) is 3.06. The number of amides is 2. The van der Waals surface area contributed by atoms with Crippen molar-refractivity contribution in [3.8, 4) is 11.4 Å². The van der Waals surface area contributed by atoms with Gasteiger partial charge in [0.25, 0.3) is 5.91 Å². The monoisotopic (exact) mass is 444 g/mol. The summed E-state index contributed by atoms with van der Waals surface area (Å²) >= 11 is 11.9. The highest BCUT2D eigenvalue weighted by Crippen LogP contribution is 2.63. The van der Waals surface area contributed by atoms with E-state index in [2.05, 4.69) is 26.3 Å². The van der Waals surface area contributed by atoms with Gasteiger partial charge < -0.3 is 0 Å². The topological polar surface area (TPSA) is 102 Å². The predicted molar refractivity (Wildman–Crippen MR) is 112 cm³/mol. The SMILES string of the molecule is CC1(C(=O)NNC(=O)c2ccc(Cn3nnc(-c4ccccc4)n3)cc2)CC1(Cl)Cl. The van der Waals surface area contributed by atoms with Crippen LogP contribution in [-0.2, 0) is 11.3 Å². The van der Waals surface area contributed by atoms with E-state index < -0.39 is 21.6 Å². The number of benzene rings is 2. The molecule has 2 aromatic carbocycles. The van der Waals surface area contributed by atoms with Crippen molar-refractivity contribution < 1.29 is 9.59 Å². The third-order valence-electron chi connectivity index (χ3n) is 5.07. The molecule has 1 aliphatic rings. The number of rotatable bonds is 5. The number of hydrogen-bond acceptors (Lipinski definition) is 5. The second-order valence-electron chi connectivity index (χ2n) is 7.33. The molecule has 154 valence electrons. The molecule has 0 aliphatic heterocycles. The minimum Gasteiger partial charge on any atom is -0.273 e. The Hall–Kier alpha value is -2.97. The lowest BCUT2D eigenvalue weighted by molar-refractivity contribution is -0.126. The van der Waals surface area contributed by atoms with Crippen LogP contribution < -0.4 is 10.9 Å². The maximum atomic E-state index is 12.3. The highest BCUT2D eigenvalue weighted by Gasteiger charge is 2.68. The first-order chi connectivity index (χ1) is 14.3. The van der Waals surface area contributed by atoms with Gasteiger partial charge in [0.15, 0.2) is 0 Å². The maximum Gasteiger partial charge on any atom is 0.269 e. The number of alkyl halides is 2. The van der Waals surface area contributed by atoms with Crippen molar-refractivity contribution in [2.45, 2.75) is 24.2 Å². The number of nitrogens with zero attached hydrogens (tertiary/aromatic N) is 4. The van der Waals surface area contributed by atoms with E-state index in [0.717, 1.165) is 11.1 Å². The molecular weight excluding hydrogens is 427 g/mol. The first-order valence-electron chi connectivity index (χ1n) is 9.19. The lowest BCUT2D eigenvalue weighted by Crippen LogP contribution is -2.45. The summed E-state index contributed by atoms with van der Waals surface area (Å²) in [5.41, 5.74) is 6.02. The van der Waals surface area contributed by atoms with Crippen molar-refractivity contribution in [2.75, 3.05) is 0 Å².